The predicted molar refractivity (Wildman–Crippen MR) is 98.0 cm³/mol. The maximum absolute atomic E-state index is 6.54. The molecule has 1 atom stereocenters. The van der Waals surface area contributed by atoms with E-state index in [4.69, 9.17) is 20.8 Å². The summed E-state index contributed by atoms with van der Waals surface area (Å²) in [7, 11) is 0. The summed E-state index contributed by atoms with van der Waals surface area (Å²) >= 11 is 6.54. The van der Waals surface area contributed by atoms with Crippen LogP contribution in [0.25, 0.3) is 11.0 Å². The largest absolute Gasteiger partial charge is 0.475 e. The molecule has 4 rings (SSSR count). The molecule has 24 heavy (non-hydrogen) atoms. The summed E-state index contributed by atoms with van der Waals surface area (Å²) in [5.41, 5.74) is 2.96. The van der Waals surface area contributed by atoms with Gasteiger partial charge in [-0.2, -0.15) is 0 Å². The van der Waals surface area contributed by atoms with Crippen LogP contribution in [-0.4, -0.2) is 24.6 Å². The molecule has 0 amide bonds. The van der Waals surface area contributed by atoms with Crippen molar-refractivity contribution in [1.82, 2.24) is 0 Å². The molecule has 3 heterocycles. The van der Waals surface area contributed by atoms with Crippen LogP contribution < -0.4 is 4.90 Å². The summed E-state index contributed by atoms with van der Waals surface area (Å²) in [6, 6.07) is 3.84. The van der Waals surface area contributed by atoms with E-state index in [0.717, 1.165) is 34.6 Å². The lowest BCUT2D eigenvalue weighted by Crippen LogP contribution is -2.23. The second-order valence-corrected chi connectivity index (χ2v) is 7.77. The fourth-order valence-corrected chi connectivity index (χ4v) is 3.70. The Balaban J connectivity index is 1.77. The fourth-order valence-electron chi connectivity index (χ4n) is 3.44. The Bertz CT molecular complexity index is 850. The van der Waals surface area contributed by atoms with Crippen LogP contribution in [0.5, 0.6) is 0 Å². The number of rotatable bonds is 2. The van der Waals surface area contributed by atoms with Crippen molar-refractivity contribution in [1.29, 1.82) is 0 Å². The quantitative estimate of drug-likeness (QED) is 0.785. The normalized spacial score (nSPS) is 22.8. The first kappa shape index (κ1) is 15.6. The number of ether oxygens (including phenoxy) is 1. The lowest BCUT2D eigenvalue weighted by atomic mass is 10.0. The minimum Gasteiger partial charge on any atom is -0.475 e. The molecule has 4 nitrogen and oxygen atoms in total. The monoisotopic (exact) mass is 344 g/mol. The Hall–Kier alpha value is -1.94. The van der Waals surface area contributed by atoms with Gasteiger partial charge in [-0.3, -0.25) is 0 Å². The molecule has 0 bridgehead atoms. The average Bonchev–Trinajstić information content (AvgIpc) is 3.03. The van der Waals surface area contributed by atoms with Gasteiger partial charge in [0.15, 0.2) is 0 Å². The van der Waals surface area contributed by atoms with Gasteiger partial charge in [-0.1, -0.05) is 18.5 Å². The van der Waals surface area contributed by atoms with Crippen molar-refractivity contribution in [3.8, 4) is 0 Å². The topological polar surface area (TPSA) is 38.0 Å². The lowest BCUT2D eigenvalue weighted by molar-refractivity contribution is 0.280. The number of halogens is 1. The molecule has 0 radical (unpaired) electrons. The summed E-state index contributed by atoms with van der Waals surface area (Å²) in [5.74, 6) is 1.16. The molecule has 1 aromatic carbocycles. The van der Waals surface area contributed by atoms with Gasteiger partial charge < -0.3 is 14.1 Å². The number of nitrogens with zero attached hydrogens (tertiary/aromatic N) is 2. The van der Waals surface area contributed by atoms with Crippen molar-refractivity contribution in [2.24, 2.45) is 10.9 Å². The molecule has 0 saturated carbocycles. The molecule has 0 N–H and O–H groups in total. The number of anilines is 1. The molecule has 126 valence electrons. The molecule has 0 aliphatic carbocycles. The van der Waals surface area contributed by atoms with Gasteiger partial charge in [-0.15, -0.1) is 0 Å². The number of hydrogen-bond acceptors (Lipinski definition) is 4. The minimum atomic E-state index is -0.152. The molecular weight excluding hydrogens is 324 g/mol. The smallest absolute Gasteiger partial charge is 0.210 e. The summed E-state index contributed by atoms with van der Waals surface area (Å²) < 4.78 is 11.4. The second kappa shape index (κ2) is 5.55. The third-order valence-corrected chi connectivity index (χ3v) is 4.79. The van der Waals surface area contributed by atoms with Crippen LogP contribution in [0.15, 0.2) is 40.1 Å². The van der Waals surface area contributed by atoms with Crippen LogP contribution in [0.2, 0.25) is 5.02 Å². The molecule has 2 aromatic rings. The Morgan fingerprint density at radius 1 is 1.38 bits per heavy atom. The minimum absolute atomic E-state index is 0.152. The van der Waals surface area contributed by atoms with Gasteiger partial charge in [-0.05, 0) is 38.3 Å². The van der Waals surface area contributed by atoms with Crippen LogP contribution in [0, 0.1) is 5.92 Å². The molecule has 0 spiro atoms. The van der Waals surface area contributed by atoms with Gasteiger partial charge in [0.1, 0.15) is 12.2 Å². The Morgan fingerprint density at radius 3 is 2.96 bits per heavy atom. The van der Waals surface area contributed by atoms with Crippen LogP contribution in [-0.2, 0) is 11.2 Å². The Labute approximate surface area is 146 Å². The zero-order valence-corrected chi connectivity index (χ0v) is 14.9. The zero-order chi connectivity index (χ0) is 16.9. The maximum Gasteiger partial charge on any atom is 0.210 e. The molecule has 1 unspecified atom stereocenters. The molecule has 2 aliphatic rings. The van der Waals surface area contributed by atoms with E-state index in [2.05, 4.69) is 30.7 Å². The van der Waals surface area contributed by atoms with Crippen molar-refractivity contribution in [2.75, 3.05) is 18.1 Å². The zero-order valence-electron chi connectivity index (χ0n) is 14.2. The molecule has 1 aromatic heterocycles. The highest BCUT2D eigenvalue weighted by Crippen LogP contribution is 2.41. The van der Waals surface area contributed by atoms with Gasteiger partial charge in [0.2, 0.25) is 5.90 Å². The third kappa shape index (κ3) is 2.69. The standard InChI is InChI=1S/C19H21ClN2O2/c1-12-8-13-10-23-15-5-4-14(20)18(17(13)15)22(9-12)7-6-16-21-19(2,3)11-24-16/h4-7,10,12H,8-9,11H2,1-3H3. The third-order valence-electron chi connectivity index (χ3n) is 4.49. The van der Waals surface area contributed by atoms with E-state index in [0.29, 0.717) is 18.4 Å². The lowest BCUT2D eigenvalue weighted by Gasteiger charge is -2.23. The van der Waals surface area contributed by atoms with E-state index < -0.39 is 0 Å². The van der Waals surface area contributed by atoms with Crippen molar-refractivity contribution in [2.45, 2.75) is 32.7 Å². The fraction of sp³-hybridized carbons (Fsp3) is 0.421. The van der Waals surface area contributed by atoms with Gasteiger partial charge in [0, 0.05) is 29.8 Å². The predicted octanol–water partition coefficient (Wildman–Crippen LogP) is 4.81. The van der Waals surface area contributed by atoms with Crippen LogP contribution in [0.1, 0.15) is 26.3 Å². The van der Waals surface area contributed by atoms with E-state index in [-0.39, 0.29) is 5.54 Å². The average molecular weight is 345 g/mol. The van der Waals surface area contributed by atoms with E-state index in [1.165, 1.54) is 5.56 Å². The van der Waals surface area contributed by atoms with Gasteiger partial charge in [0.05, 0.1) is 22.5 Å². The number of furan rings is 1. The van der Waals surface area contributed by atoms with Crippen LogP contribution >= 0.6 is 11.6 Å². The maximum atomic E-state index is 6.54. The van der Waals surface area contributed by atoms with Crippen LogP contribution in [0.3, 0.4) is 0 Å². The van der Waals surface area contributed by atoms with Gasteiger partial charge in [0.25, 0.3) is 0 Å². The van der Waals surface area contributed by atoms with E-state index in [9.17, 15) is 0 Å². The Kier molecular flexibility index (Phi) is 3.61. The first-order valence-electron chi connectivity index (χ1n) is 8.29. The van der Waals surface area contributed by atoms with Crippen molar-refractivity contribution < 1.29 is 9.15 Å². The van der Waals surface area contributed by atoms with E-state index in [1.54, 1.807) is 0 Å². The number of aliphatic imine (C=N–C) groups is 1. The highest BCUT2D eigenvalue weighted by atomic mass is 35.5. The SMILES string of the molecule is CC1Cc2coc3ccc(Cl)c(c23)N(C=CC2=NC(C)(C)CO2)C1. The highest BCUT2D eigenvalue weighted by Gasteiger charge is 2.26. The molecular formula is C19H21ClN2O2. The molecule has 0 fully saturated rings. The van der Waals surface area contributed by atoms with Gasteiger partial charge in [-0.25, -0.2) is 4.99 Å². The second-order valence-electron chi connectivity index (χ2n) is 7.36. The first-order chi connectivity index (χ1) is 11.4. The summed E-state index contributed by atoms with van der Waals surface area (Å²) in [4.78, 5) is 6.78. The summed E-state index contributed by atoms with van der Waals surface area (Å²) in [6.07, 6.45) is 6.80. The number of hydrogen-bond donors (Lipinski definition) is 0. The van der Waals surface area contributed by atoms with E-state index in [1.807, 2.05) is 30.7 Å². The summed E-state index contributed by atoms with van der Waals surface area (Å²) in [6.45, 7) is 7.88. The van der Waals surface area contributed by atoms with Crippen molar-refractivity contribution in [3.05, 3.63) is 41.3 Å². The van der Waals surface area contributed by atoms with Crippen molar-refractivity contribution >= 4 is 34.2 Å². The molecule has 5 heteroatoms. The summed E-state index contributed by atoms with van der Waals surface area (Å²) in [5, 5.41) is 1.85. The number of benzene rings is 1. The van der Waals surface area contributed by atoms with Crippen molar-refractivity contribution in [3.63, 3.8) is 0 Å². The first-order valence-corrected chi connectivity index (χ1v) is 8.67. The van der Waals surface area contributed by atoms with E-state index >= 15 is 0 Å². The van der Waals surface area contributed by atoms with Crippen LogP contribution in [0.4, 0.5) is 5.69 Å². The highest BCUT2D eigenvalue weighted by molar-refractivity contribution is 6.35. The van der Waals surface area contributed by atoms with Gasteiger partial charge >= 0.3 is 0 Å². The Morgan fingerprint density at radius 2 is 2.21 bits per heavy atom. The molecule has 0 saturated heterocycles. The molecule has 2 aliphatic heterocycles.